The summed E-state index contributed by atoms with van der Waals surface area (Å²) in [5, 5.41) is 0. The Morgan fingerprint density at radius 2 is 1.84 bits per heavy atom. The summed E-state index contributed by atoms with van der Waals surface area (Å²) >= 11 is 0. The lowest BCUT2D eigenvalue weighted by atomic mass is 9.47. The molecule has 0 aliphatic heterocycles. The van der Waals surface area contributed by atoms with Crippen molar-refractivity contribution >= 4 is 5.78 Å². The van der Waals surface area contributed by atoms with E-state index in [4.69, 9.17) is 0 Å². The second-order valence-corrected chi connectivity index (χ2v) is 8.19. The third-order valence-electron chi connectivity index (χ3n) is 7.52. The van der Waals surface area contributed by atoms with Gasteiger partial charge < -0.3 is 0 Å². The van der Waals surface area contributed by atoms with Gasteiger partial charge in [0.1, 0.15) is 5.78 Å². The summed E-state index contributed by atoms with van der Waals surface area (Å²) in [6.07, 6.45) is 13.4. The third kappa shape index (κ3) is 1.69. The molecule has 6 unspecified atom stereocenters. The number of rotatable bonds is 0. The van der Waals surface area contributed by atoms with E-state index in [1.165, 1.54) is 57.8 Å². The molecule has 0 amide bonds. The van der Waals surface area contributed by atoms with E-state index in [0.29, 0.717) is 17.1 Å². The maximum absolute atomic E-state index is 12.8. The highest BCUT2D eigenvalue weighted by Gasteiger charge is 2.57. The summed E-state index contributed by atoms with van der Waals surface area (Å²) in [6, 6.07) is 0. The number of hydrogen-bond acceptors (Lipinski definition) is 1. The van der Waals surface area contributed by atoms with E-state index < -0.39 is 0 Å². The van der Waals surface area contributed by atoms with Crippen molar-refractivity contribution in [2.24, 2.45) is 35.0 Å². The molecule has 4 rings (SSSR count). The molecule has 4 saturated carbocycles. The first-order valence-electron chi connectivity index (χ1n) is 8.73. The van der Waals surface area contributed by atoms with E-state index >= 15 is 0 Å². The second kappa shape index (κ2) is 4.33. The Balaban J connectivity index is 1.69. The van der Waals surface area contributed by atoms with Crippen molar-refractivity contribution in [2.75, 3.05) is 0 Å². The summed E-state index contributed by atoms with van der Waals surface area (Å²) in [7, 11) is 0. The van der Waals surface area contributed by atoms with E-state index in [-0.39, 0.29) is 0 Å². The number of fused-ring (bicyclic) bond motifs is 5. The van der Waals surface area contributed by atoms with Crippen LogP contribution in [0.4, 0.5) is 0 Å². The van der Waals surface area contributed by atoms with Crippen LogP contribution in [0.1, 0.15) is 71.1 Å². The topological polar surface area (TPSA) is 17.1 Å². The fraction of sp³-hybridized carbons (Fsp3) is 0.944. The maximum Gasteiger partial charge on any atom is 0.137 e. The van der Waals surface area contributed by atoms with Crippen LogP contribution < -0.4 is 0 Å². The molecule has 0 aromatic carbocycles. The van der Waals surface area contributed by atoms with Crippen LogP contribution in [-0.4, -0.2) is 5.78 Å². The molecular formula is C18H28O. The molecule has 0 aromatic heterocycles. The van der Waals surface area contributed by atoms with Gasteiger partial charge in [-0.25, -0.2) is 0 Å². The van der Waals surface area contributed by atoms with Crippen LogP contribution in [0.25, 0.3) is 0 Å². The Morgan fingerprint density at radius 1 is 0.947 bits per heavy atom. The fourth-order valence-electron chi connectivity index (χ4n) is 6.70. The van der Waals surface area contributed by atoms with Gasteiger partial charge in [-0.3, -0.25) is 4.79 Å². The van der Waals surface area contributed by atoms with Gasteiger partial charge in [0.2, 0.25) is 0 Å². The minimum absolute atomic E-state index is 0.381. The Labute approximate surface area is 117 Å². The molecular weight excluding hydrogens is 232 g/mol. The van der Waals surface area contributed by atoms with Gasteiger partial charge in [0.15, 0.2) is 0 Å². The highest BCUT2D eigenvalue weighted by Crippen LogP contribution is 2.61. The van der Waals surface area contributed by atoms with Gasteiger partial charge in [-0.15, -0.1) is 0 Å². The zero-order chi connectivity index (χ0) is 13.0. The van der Waals surface area contributed by atoms with Crippen LogP contribution in [0.5, 0.6) is 0 Å². The van der Waals surface area contributed by atoms with Crippen LogP contribution in [-0.2, 0) is 4.79 Å². The van der Waals surface area contributed by atoms with Crippen LogP contribution in [0.15, 0.2) is 0 Å². The van der Waals surface area contributed by atoms with E-state index in [0.717, 1.165) is 30.1 Å². The first kappa shape index (κ1) is 12.4. The van der Waals surface area contributed by atoms with E-state index in [1.807, 2.05) is 0 Å². The molecule has 1 nitrogen and oxygen atoms in total. The summed E-state index contributed by atoms with van der Waals surface area (Å²) in [5.41, 5.74) is 0.381. The van der Waals surface area contributed by atoms with Crippen molar-refractivity contribution in [3.8, 4) is 0 Å². The standard InChI is InChI=1S/C18H28O/c1-18-10-3-2-6-13(18)8-9-15-14-7-4-5-12(14)11-16(19)17(15)18/h12-15,17H,2-11H2,1H3. The average molecular weight is 260 g/mol. The molecule has 0 radical (unpaired) electrons. The Hall–Kier alpha value is -0.330. The molecule has 0 N–H and O–H groups in total. The van der Waals surface area contributed by atoms with Crippen molar-refractivity contribution in [1.29, 1.82) is 0 Å². The number of hydrogen-bond donors (Lipinski definition) is 0. The normalized spacial score (nSPS) is 53.3. The van der Waals surface area contributed by atoms with Gasteiger partial charge in [0, 0.05) is 12.3 Å². The SMILES string of the molecule is CC12CCCCC1CCC1C3CCCC3CC(=O)C12. The molecule has 0 saturated heterocycles. The van der Waals surface area contributed by atoms with E-state index in [1.54, 1.807) is 0 Å². The lowest BCUT2D eigenvalue weighted by molar-refractivity contribution is -0.149. The number of Topliss-reactive ketones (excluding diaryl/α,β-unsaturated/α-hetero) is 1. The minimum Gasteiger partial charge on any atom is -0.299 e. The lowest BCUT2D eigenvalue weighted by Crippen LogP contribution is -2.53. The molecule has 0 aromatic rings. The van der Waals surface area contributed by atoms with Crippen LogP contribution in [0.3, 0.4) is 0 Å². The van der Waals surface area contributed by atoms with Crippen LogP contribution in [0.2, 0.25) is 0 Å². The smallest absolute Gasteiger partial charge is 0.137 e. The van der Waals surface area contributed by atoms with Gasteiger partial charge in [-0.2, -0.15) is 0 Å². The highest BCUT2D eigenvalue weighted by atomic mass is 16.1. The van der Waals surface area contributed by atoms with E-state index in [9.17, 15) is 4.79 Å². The van der Waals surface area contributed by atoms with E-state index in [2.05, 4.69) is 6.92 Å². The first-order chi connectivity index (χ1) is 9.20. The molecule has 19 heavy (non-hydrogen) atoms. The Morgan fingerprint density at radius 3 is 2.74 bits per heavy atom. The monoisotopic (exact) mass is 260 g/mol. The summed E-state index contributed by atoms with van der Waals surface area (Å²) in [4.78, 5) is 12.8. The second-order valence-electron chi connectivity index (χ2n) is 8.19. The van der Waals surface area contributed by atoms with Crippen molar-refractivity contribution < 1.29 is 4.79 Å². The molecule has 0 bridgehead atoms. The van der Waals surface area contributed by atoms with Gasteiger partial charge in [-0.05, 0) is 67.6 Å². The van der Waals surface area contributed by atoms with Gasteiger partial charge in [0.05, 0.1) is 0 Å². The van der Waals surface area contributed by atoms with Gasteiger partial charge >= 0.3 is 0 Å². The van der Waals surface area contributed by atoms with Gasteiger partial charge in [-0.1, -0.05) is 26.2 Å². The predicted octanol–water partition coefficient (Wildman–Crippen LogP) is 4.60. The first-order valence-corrected chi connectivity index (χ1v) is 8.73. The Bertz CT molecular complexity index is 387. The molecule has 4 fully saturated rings. The van der Waals surface area contributed by atoms with Crippen molar-refractivity contribution in [3.63, 3.8) is 0 Å². The number of carbonyl (C=O) groups is 1. The maximum atomic E-state index is 12.8. The largest absolute Gasteiger partial charge is 0.299 e. The molecule has 4 aliphatic carbocycles. The third-order valence-corrected chi connectivity index (χ3v) is 7.52. The minimum atomic E-state index is 0.381. The van der Waals surface area contributed by atoms with Crippen molar-refractivity contribution in [1.82, 2.24) is 0 Å². The quantitative estimate of drug-likeness (QED) is 0.622. The number of carbonyl (C=O) groups excluding carboxylic acids is 1. The molecule has 0 spiro atoms. The highest BCUT2D eigenvalue weighted by molar-refractivity contribution is 5.83. The molecule has 1 heteroatoms. The Kier molecular flexibility index (Phi) is 2.83. The van der Waals surface area contributed by atoms with Gasteiger partial charge in [0.25, 0.3) is 0 Å². The predicted molar refractivity (Wildman–Crippen MR) is 76.7 cm³/mol. The summed E-state index contributed by atoms with van der Waals surface area (Å²) in [6.45, 7) is 2.49. The lowest BCUT2D eigenvalue weighted by Gasteiger charge is -2.57. The average Bonchev–Trinajstić information content (AvgIpc) is 2.85. The van der Waals surface area contributed by atoms with Crippen molar-refractivity contribution in [2.45, 2.75) is 71.1 Å². The molecule has 106 valence electrons. The van der Waals surface area contributed by atoms with Crippen molar-refractivity contribution in [3.05, 3.63) is 0 Å². The zero-order valence-electron chi connectivity index (χ0n) is 12.4. The molecule has 6 atom stereocenters. The molecule has 4 aliphatic rings. The van der Waals surface area contributed by atoms with Crippen LogP contribution in [0, 0.1) is 35.0 Å². The summed E-state index contributed by atoms with van der Waals surface area (Å²) in [5.74, 6) is 4.45. The fourth-order valence-corrected chi connectivity index (χ4v) is 6.70. The number of ketones is 1. The zero-order valence-corrected chi connectivity index (χ0v) is 12.4. The molecule has 0 heterocycles. The summed E-state index contributed by atoms with van der Waals surface area (Å²) < 4.78 is 0. The van der Waals surface area contributed by atoms with Crippen LogP contribution >= 0.6 is 0 Å².